The largest absolute Gasteiger partial charge is 0.248 e. The van der Waals surface area contributed by atoms with Gasteiger partial charge in [-0.1, -0.05) is 54.6 Å². The smallest absolute Gasteiger partial charge is 0.207 e. The van der Waals surface area contributed by atoms with Crippen LogP contribution in [0.3, 0.4) is 0 Å². The maximum absolute atomic E-state index is 14.1. The summed E-state index contributed by atoms with van der Waals surface area (Å²) in [6.07, 6.45) is 3.44. The maximum Gasteiger partial charge on any atom is 0.248 e. The van der Waals surface area contributed by atoms with Gasteiger partial charge < -0.3 is 0 Å². The summed E-state index contributed by atoms with van der Waals surface area (Å²) in [4.78, 5) is -0.880. The highest BCUT2D eigenvalue weighted by Gasteiger charge is 2.47. The highest BCUT2D eigenvalue weighted by molar-refractivity contribution is 7.89. The lowest BCUT2D eigenvalue weighted by molar-refractivity contribution is 0.328. The molecule has 2 bridgehead atoms. The summed E-state index contributed by atoms with van der Waals surface area (Å²) in [6.45, 7) is 0.186. The van der Waals surface area contributed by atoms with Crippen molar-refractivity contribution in [3.05, 3.63) is 101 Å². The summed E-state index contributed by atoms with van der Waals surface area (Å²) in [5.41, 5.74) is 5.25. The molecule has 3 aliphatic rings. The van der Waals surface area contributed by atoms with Crippen LogP contribution in [0.4, 0.5) is 8.78 Å². The molecule has 3 aromatic carbocycles. The van der Waals surface area contributed by atoms with Gasteiger partial charge in [0.15, 0.2) is 4.90 Å². The van der Waals surface area contributed by atoms with Crippen molar-refractivity contribution in [3.63, 3.8) is 0 Å². The van der Waals surface area contributed by atoms with Gasteiger partial charge in [-0.25, -0.2) is 21.5 Å². The summed E-state index contributed by atoms with van der Waals surface area (Å²) in [7, 11) is -2.87. The van der Waals surface area contributed by atoms with Crippen LogP contribution in [0, 0.1) is 11.6 Å². The monoisotopic (exact) mass is 453 g/mol. The van der Waals surface area contributed by atoms with E-state index in [1.807, 2.05) is 0 Å². The van der Waals surface area contributed by atoms with Gasteiger partial charge in [-0.15, -0.1) is 0 Å². The fourth-order valence-corrected chi connectivity index (χ4v) is 7.07. The van der Waals surface area contributed by atoms with Crippen molar-refractivity contribution >= 4 is 10.0 Å². The van der Waals surface area contributed by atoms with Crippen molar-refractivity contribution < 1.29 is 17.2 Å². The molecule has 3 aliphatic carbocycles. The van der Waals surface area contributed by atoms with E-state index in [0.29, 0.717) is 12.3 Å². The number of hydrogen-bond donors (Lipinski definition) is 0. The SMILES string of the molecule is CN(CCCC12CCC(c3ccccc31)c1ccccc12)S(=O)(=O)c1c(F)cccc1F. The first-order valence-corrected chi connectivity index (χ1v) is 12.4. The minimum absolute atomic E-state index is 0.157. The highest BCUT2D eigenvalue weighted by atomic mass is 32.2. The Bertz CT molecular complexity index is 1220. The molecule has 0 heterocycles. The molecule has 0 saturated heterocycles. The molecule has 0 fully saturated rings. The topological polar surface area (TPSA) is 37.4 Å². The molecule has 6 heteroatoms. The molecule has 0 saturated carbocycles. The molecule has 166 valence electrons. The van der Waals surface area contributed by atoms with Crippen molar-refractivity contribution in [3.8, 4) is 0 Å². The number of fused-ring (bicyclic) bond motifs is 1. The van der Waals surface area contributed by atoms with E-state index in [1.54, 1.807) is 0 Å². The van der Waals surface area contributed by atoms with Crippen molar-refractivity contribution in [2.75, 3.05) is 13.6 Å². The molecule has 0 unspecified atom stereocenters. The Hall–Kier alpha value is -2.57. The standard InChI is InChI=1S/C26H25F2NO2S/c1-29(32(30,31)25-23(27)12-6-13-24(25)28)17-7-15-26-16-14-18(19-8-2-4-10-21(19)26)20-9-3-5-11-22(20)26/h2-6,8-13,18H,7,14-17H2,1H3. The van der Waals surface area contributed by atoms with Crippen LogP contribution in [0.2, 0.25) is 0 Å². The first kappa shape index (κ1) is 21.3. The summed E-state index contributed by atoms with van der Waals surface area (Å²) in [5.74, 6) is -1.72. The number of hydrogen-bond acceptors (Lipinski definition) is 2. The van der Waals surface area contributed by atoms with Gasteiger partial charge in [-0.05, 0) is 60.1 Å². The zero-order chi connectivity index (χ0) is 22.5. The van der Waals surface area contributed by atoms with Gasteiger partial charge >= 0.3 is 0 Å². The van der Waals surface area contributed by atoms with E-state index in [0.717, 1.165) is 41.8 Å². The Labute approximate surface area is 187 Å². The van der Waals surface area contributed by atoms with Crippen molar-refractivity contribution in [1.82, 2.24) is 4.31 Å². The molecule has 3 nitrogen and oxygen atoms in total. The molecule has 32 heavy (non-hydrogen) atoms. The molecule has 0 spiro atoms. The summed E-state index contributed by atoms with van der Waals surface area (Å²) in [5, 5.41) is 0. The molecule has 3 aromatic rings. The molecule has 0 aromatic heterocycles. The molecular weight excluding hydrogens is 428 g/mol. The van der Waals surface area contributed by atoms with Crippen molar-refractivity contribution in [2.24, 2.45) is 0 Å². The molecule has 0 radical (unpaired) electrons. The van der Waals surface area contributed by atoms with Gasteiger partial charge in [-0.2, -0.15) is 0 Å². The summed E-state index contributed by atoms with van der Waals surface area (Å²) >= 11 is 0. The minimum Gasteiger partial charge on any atom is -0.207 e. The minimum atomic E-state index is -4.26. The third-order valence-electron chi connectivity index (χ3n) is 7.23. The third-order valence-corrected chi connectivity index (χ3v) is 9.14. The molecule has 6 rings (SSSR count). The number of halogens is 2. The summed E-state index contributed by atoms with van der Waals surface area (Å²) in [6, 6.07) is 20.2. The van der Waals surface area contributed by atoms with E-state index in [4.69, 9.17) is 0 Å². The molecule has 0 N–H and O–H groups in total. The van der Waals surface area contributed by atoms with E-state index in [-0.39, 0.29) is 12.0 Å². The lowest BCUT2D eigenvalue weighted by Gasteiger charge is -2.50. The Morgan fingerprint density at radius 1 is 0.906 bits per heavy atom. The third kappa shape index (κ3) is 3.11. The number of rotatable bonds is 6. The van der Waals surface area contributed by atoms with Crippen LogP contribution in [0.25, 0.3) is 0 Å². The van der Waals surface area contributed by atoms with Gasteiger partial charge in [0.05, 0.1) is 0 Å². The first-order chi connectivity index (χ1) is 15.4. The van der Waals surface area contributed by atoms with E-state index in [2.05, 4.69) is 48.5 Å². The second-order valence-electron chi connectivity index (χ2n) is 8.83. The van der Waals surface area contributed by atoms with Crippen LogP contribution in [0.5, 0.6) is 0 Å². The first-order valence-electron chi connectivity index (χ1n) is 11.0. The maximum atomic E-state index is 14.1. The number of benzene rings is 3. The van der Waals surface area contributed by atoms with E-state index >= 15 is 0 Å². The van der Waals surface area contributed by atoms with Gasteiger partial charge in [0, 0.05) is 24.9 Å². The van der Waals surface area contributed by atoms with Crippen LogP contribution < -0.4 is 0 Å². The Morgan fingerprint density at radius 2 is 1.47 bits per heavy atom. The lowest BCUT2D eigenvalue weighted by atomic mass is 9.54. The average molecular weight is 454 g/mol. The van der Waals surface area contributed by atoms with Gasteiger partial charge in [0.25, 0.3) is 0 Å². The second-order valence-corrected chi connectivity index (χ2v) is 10.8. The average Bonchev–Trinajstić information content (AvgIpc) is 2.79. The van der Waals surface area contributed by atoms with Crippen LogP contribution in [-0.4, -0.2) is 26.3 Å². The van der Waals surface area contributed by atoms with Gasteiger partial charge in [0.1, 0.15) is 11.6 Å². The van der Waals surface area contributed by atoms with Crippen LogP contribution >= 0.6 is 0 Å². The van der Waals surface area contributed by atoms with Crippen LogP contribution in [0.15, 0.2) is 71.6 Å². The Balaban J connectivity index is 1.43. The highest BCUT2D eigenvalue weighted by Crippen LogP contribution is 2.58. The fraction of sp³-hybridized carbons (Fsp3) is 0.308. The second kappa shape index (κ2) is 7.78. The predicted octanol–water partition coefficient (Wildman–Crippen LogP) is 5.59. The zero-order valence-electron chi connectivity index (χ0n) is 17.9. The van der Waals surface area contributed by atoms with Gasteiger partial charge in [-0.3, -0.25) is 0 Å². The Morgan fingerprint density at radius 3 is 2.06 bits per heavy atom. The fourth-order valence-electron chi connectivity index (χ4n) is 5.76. The van der Waals surface area contributed by atoms with Gasteiger partial charge in [0.2, 0.25) is 10.0 Å². The molecule has 0 amide bonds. The van der Waals surface area contributed by atoms with E-state index < -0.39 is 26.6 Å². The van der Waals surface area contributed by atoms with Crippen LogP contribution in [-0.2, 0) is 15.4 Å². The van der Waals surface area contributed by atoms with Crippen molar-refractivity contribution in [2.45, 2.75) is 41.9 Å². The zero-order valence-corrected chi connectivity index (χ0v) is 18.7. The van der Waals surface area contributed by atoms with Crippen LogP contribution in [0.1, 0.15) is 53.9 Å². The lowest BCUT2D eigenvalue weighted by Crippen LogP contribution is -2.41. The quantitative estimate of drug-likeness (QED) is 0.488. The molecule has 0 aliphatic heterocycles. The Kier molecular flexibility index (Phi) is 5.18. The summed E-state index contributed by atoms with van der Waals surface area (Å²) < 4.78 is 55.0. The normalized spacial score (nSPS) is 21.4. The number of sulfonamides is 1. The predicted molar refractivity (Wildman–Crippen MR) is 120 cm³/mol. The molecular formula is C26H25F2NO2S. The molecule has 0 atom stereocenters. The number of nitrogens with zero attached hydrogens (tertiary/aromatic N) is 1. The van der Waals surface area contributed by atoms with Crippen molar-refractivity contribution in [1.29, 1.82) is 0 Å². The van der Waals surface area contributed by atoms with E-state index in [9.17, 15) is 17.2 Å². The van der Waals surface area contributed by atoms with E-state index in [1.165, 1.54) is 29.3 Å².